The number of rotatable bonds is 3. The van der Waals surface area contributed by atoms with E-state index in [1.165, 1.54) is 0 Å². The average molecular weight is 333 g/mol. The summed E-state index contributed by atoms with van der Waals surface area (Å²) in [5, 5.41) is 18.1. The Morgan fingerprint density at radius 2 is 2.20 bits per heavy atom. The molecule has 0 amide bonds. The monoisotopic (exact) mass is 331 g/mol. The van der Waals surface area contributed by atoms with Crippen molar-refractivity contribution in [3.8, 4) is 6.07 Å². The molecule has 1 N–H and O–H groups in total. The predicted octanol–water partition coefficient (Wildman–Crippen LogP) is 2.84. The first-order valence-corrected chi connectivity index (χ1v) is 5.99. The van der Waals surface area contributed by atoms with Crippen molar-refractivity contribution >= 4 is 37.8 Å². The van der Waals surface area contributed by atoms with Crippen molar-refractivity contribution < 1.29 is 9.90 Å². The summed E-state index contributed by atoms with van der Waals surface area (Å²) >= 11 is 6.52. The van der Waals surface area contributed by atoms with Gasteiger partial charge < -0.3 is 5.11 Å². The molecular weight excluding hydrogens is 326 g/mol. The molecule has 1 aromatic carbocycles. The predicted molar refractivity (Wildman–Crippen MR) is 62.8 cm³/mol. The summed E-state index contributed by atoms with van der Waals surface area (Å²) in [5.41, 5.74) is 1.89. The molecule has 0 fully saturated rings. The molecular formula is C10H7Br2NO2. The number of benzene rings is 1. The van der Waals surface area contributed by atoms with Crippen LogP contribution in [0.4, 0.5) is 0 Å². The van der Waals surface area contributed by atoms with Crippen molar-refractivity contribution in [2.24, 2.45) is 0 Å². The first-order valence-electron chi connectivity index (χ1n) is 4.08. The molecule has 0 spiro atoms. The quantitative estimate of drug-likeness (QED) is 0.866. The molecule has 0 aliphatic rings. The second-order valence-corrected chi connectivity index (χ2v) is 4.29. The van der Waals surface area contributed by atoms with Crippen LogP contribution >= 0.6 is 31.9 Å². The van der Waals surface area contributed by atoms with Gasteiger partial charge in [0.15, 0.2) is 0 Å². The lowest BCUT2D eigenvalue weighted by molar-refractivity contribution is -0.136. The van der Waals surface area contributed by atoms with Gasteiger partial charge >= 0.3 is 5.97 Å². The lowest BCUT2D eigenvalue weighted by Crippen LogP contribution is -2.04. The molecule has 1 aromatic rings. The van der Waals surface area contributed by atoms with Crippen LogP contribution in [-0.2, 0) is 16.5 Å². The highest BCUT2D eigenvalue weighted by Gasteiger charge is 2.12. The van der Waals surface area contributed by atoms with Gasteiger partial charge in [-0.25, -0.2) is 0 Å². The van der Waals surface area contributed by atoms with Crippen LogP contribution in [0.25, 0.3) is 0 Å². The van der Waals surface area contributed by atoms with E-state index in [0.29, 0.717) is 20.9 Å². The van der Waals surface area contributed by atoms with Crippen LogP contribution in [0.3, 0.4) is 0 Å². The highest BCUT2D eigenvalue weighted by atomic mass is 79.9. The van der Waals surface area contributed by atoms with Crippen LogP contribution in [0.1, 0.15) is 16.7 Å². The second kappa shape index (κ2) is 5.29. The van der Waals surface area contributed by atoms with E-state index in [0.717, 1.165) is 5.56 Å². The van der Waals surface area contributed by atoms with Gasteiger partial charge in [-0.05, 0) is 33.1 Å². The Labute approximate surface area is 104 Å². The topological polar surface area (TPSA) is 61.1 Å². The van der Waals surface area contributed by atoms with Gasteiger partial charge in [0.2, 0.25) is 0 Å². The fourth-order valence-corrected chi connectivity index (χ4v) is 2.37. The molecule has 0 bridgehead atoms. The molecule has 0 aliphatic heterocycles. The highest BCUT2D eigenvalue weighted by molar-refractivity contribution is 9.10. The number of carbonyl (C=O) groups is 1. The van der Waals surface area contributed by atoms with Crippen LogP contribution in [0.2, 0.25) is 0 Å². The summed E-state index contributed by atoms with van der Waals surface area (Å²) in [6.07, 6.45) is -0.0666. The third-order valence-corrected chi connectivity index (χ3v) is 3.17. The van der Waals surface area contributed by atoms with E-state index in [-0.39, 0.29) is 6.42 Å². The second-order valence-electron chi connectivity index (χ2n) is 2.88. The van der Waals surface area contributed by atoms with E-state index in [1.807, 2.05) is 0 Å². The number of nitrogens with zero attached hydrogens (tertiary/aromatic N) is 1. The smallest absolute Gasteiger partial charge is 0.307 e. The van der Waals surface area contributed by atoms with E-state index in [4.69, 9.17) is 10.4 Å². The lowest BCUT2D eigenvalue weighted by atomic mass is 10.0. The van der Waals surface area contributed by atoms with Crippen molar-refractivity contribution in [3.05, 3.63) is 33.3 Å². The molecule has 5 heteroatoms. The number of carboxylic acid groups (broad SMARTS) is 1. The van der Waals surface area contributed by atoms with Crippen molar-refractivity contribution in [3.63, 3.8) is 0 Å². The number of aliphatic carboxylic acids is 1. The third kappa shape index (κ3) is 2.80. The molecule has 0 radical (unpaired) electrons. The fourth-order valence-electron chi connectivity index (χ4n) is 1.26. The minimum absolute atomic E-state index is 0.0666. The van der Waals surface area contributed by atoms with E-state index >= 15 is 0 Å². The average Bonchev–Trinajstić information content (AvgIpc) is 2.19. The minimum atomic E-state index is -0.900. The molecule has 0 saturated heterocycles. The Kier molecular flexibility index (Phi) is 4.30. The largest absolute Gasteiger partial charge is 0.481 e. The molecule has 3 nitrogen and oxygen atoms in total. The van der Waals surface area contributed by atoms with Crippen molar-refractivity contribution in [1.82, 2.24) is 0 Å². The Morgan fingerprint density at radius 3 is 2.67 bits per heavy atom. The van der Waals surface area contributed by atoms with E-state index < -0.39 is 5.97 Å². The summed E-state index contributed by atoms with van der Waals surface area (Å²) < 4.78 is 0.689. The summed E-state index contributed by atoms with van der Waals surface area (Å²) in [4.78, 5) is 10.6. The highest BCUT2D eigenvalue weighted by Crippen LogP contribution is 2.25. The fraction of sp³-hybridized carbons (Fsp3) is 0.200. The van der Waals surface area contributed by atoms with Gasteiger partial charge in [0.05, 0.1) is 12.0 Å². The number of hydrogen-bond donors (Lipinski definition) is 1. The van der Waals surface area contributed by atoms with E-state index in [9.17, 15) is 4.79 Å². The normalized spacial score (nSPS) is 9.67. The number of nitriles is 1. The Bertz CT molecular complexity index is 438. The van der Waals surface area contributed by atoms with Gasteiger partial charge in [0, 0.05) is 9.80 Å². The number of carboxylic acids is 1. The summed E-state index contributed by atoms with van der Waals surface area (Å²) in [5.74, 6) is -0.900. The first kappa shape index (κ1) is 12.2. The zero-order valence-corrected chi connectivity index (χ0v) is 10.8. The summed E-state index contributed by atoms with van der Waals surface area (Å²) in [6.45, 7) is 0. The van der Waals surface area contributed by atoms with Gasteiger partial charge in [-0.1, -0.05) is 22.0 Å². The van der Waals surface area contributed by atoms with Gasteiger partial charge in [0.25, 0.3) is 0 Å². The Hall–Kier alpha value is -0.860. The SMILES string of the molecule is N#Cc1c(Br)ccc(CC(=O)O)c1CBr. The minimum Gasteiger partial charge on any atom is -0.481 e. The maximum Gasteiger partial charge on any atom is 0.307 e. The molecule has 1 rings (SSSR count). The van der Waals surface area contributed by atoms with Gasteiger partial charge in [0.1, 0.15) is 6.07 Å². The standard InChI is InChI=1S/C10H7Br2NO2/c11-4-7-6(3-10(14)15)1-2-9(12)8(7)5-13/h1-2H,3-4H2,(H,14,15). The van der Waals surface area contributed by atoms with Crippen LogP contribution in [-0.4, -0.2) is 11.1 Å². The van der Waals surface area contributed by atoms with Crippen LogP contribution in [0, 0.1) is 11.3 Å². The maximum absolute atomic E-state index is 10.6. The van der Waals surface area contributed by atoms with Crippen molar-refractivity contribution in [2.45, 2.75) is 11.8 Å². The lowest BCUT2D eigenvalue weighted by Gasteiger charge is -2.08. The summed E-state index contributed by atoms with van der Waals surface area (Å²) in [6, 6.07) is 5.47. The zero-order valence-electron chi connectivity index (χ0n) is 7.63. The van der Waals surface area contributed by atoms with Crippen molar-refractivity contribution in [1.29, 1.82) is 5.26 Å². The molecule has 0 saturated carbocycles. The maximum atomic E-state index is 10.6. The molecule has 0 unspecified atom stereocenters. The molecule has 0 heterocycles. The van der Waals surface area contributed by atoms with Gasteiger partial charge in [-0.2, -0.15) is 5.26 Å². The van der Waals surface area contributed by atoms with E-state index in [2.05, 4.69) is 37.9 Å². The number of alkyl halides is 1. The number of hydrogen-bond acceptors (Lipinski definition) is 2. The summed E-state index contributed by atoms with van der Waals surface area (Å²) in [7, 11) is 0. The van der Waals surface area contributed by atoms with Gasteiger partial charge in [-0.15, -0.1) is 0 Å². The molecule has 0 aromatic heterocycles. The Balaban J connectivity index is 3.30. The third-order valence-electron chi connectivity index (χ3n) is 1.95. The zero-order chi connectivity index (χ0) is 11.4. The van der Waals surface area contributed by atoms with Crippen LogP contribution < -0.4 is 0 Å². The molecule has 78 valence electrons. The Morgan fingerprint density at radius 1 is 1.53 bits per heavy atom. The first-order chi connectivity index (χ1) is 7.10. The number of halogens is 2. The van der Waals surface area contributed by atoms with Crippen LogP contribution in [0.15, 0.2) is 16.6 Å². The molecule has 15 heavy (non-hydrogen) atoms. The van der Waals surface area contributed by atoms with Crippen molar-refractivity contribution in [2.75, 3.05) is 0 Å². The molecule has 0 aliphatic carbocycles. The molecule has 0 atom stereocenters. The van der Waals surface area contributed by atoms with E-state index in [1.54, 1.807) is 12.1 Å². The van der Waals surface area contributed by atoms with Crippen LogP contribution in [0.5, 0.6) is 0 Å². The van der Waals surface area contributed by atoms with Gasteiger partial charge in [-0.3, -0.25) is 4.79 Å².